The van der Waals surface area contributed by atoms with Gasteiger partial charge in [-0.05, 0) is 54.2 Å². The molecule has 1 heteroatoms. The fourth-order valence-electron chi connectivity index (χ4n) is 3.03. The lowest BCUT2D eigenvalue weighted by molar-refractivity contribution is 0.294. The minimum atomic E-state index is 0.221. The molecule has 1 aromatic rings. The summed E-state index contributed by atoms with van der Waals surface area (Å²) in [5.74, 6) is 0. The normalized spacial score (nSPS) is 22.3. The third-order valence-electron chi connectivity index (χ3n) is 4.27. The van der Waals surface area contributed by atoms with Crippen molar-refractivity contribution in [1.29, 1.82) is 0 Å². The second-order valence-electron chi connectivity index (χ2n) is 6.61. The molecule has 0 spiro atoms. The van der Waals surface area contributed by atoms with Crippen LogP contribution in [-0.4, -0.2) is 0 Å². The summed E-state index contributed by atoms with van der Waals surface area (Å²) in [5.41, 5.74) is 11.2. The van der Waals surface area contributed by atoms with E-state index in [4.69, 9.17) is 5.73 Å². The van der Waals surface area contributed by atoms with Gasteiger partial charge in [0.1, 0.15) is 0 Å². The molecule has 1 atom stereocenters. The maximum atomic E-state index is 6.42. The van der Waals surface area contributed by atoms with Crippen LogP contribution < -0.4 is 5.73 Å². The van der Waals surface area contributed by atoms with Crippen molar-refractivity contribution in [2.45, 2.75) is 65.3 Å². The quantitative estimate of drug-likeness (QED) is 0.785. The summed E-state index contributed by atoms with van der Waals surface area (Å²) >= 11 is 0. The average molecular weight is 245 g/mol. The minimum Gasteiger partial charge on any atom is -0.324 e. The van der Waals surface area contributed by atoms with Gasteiger partial charge in [-0.3, -0.25) is 0 Å². The number of hydrogen-bond acceptors (Lipinski definition) is 1. The Morgan fingerprint density at radius 2 is 2.11 bits per heavy atom. The van der Waals surface area contributed by atoms with Crippen LogP contribution in [0.3, 0.4) is 0 Å². The van der Waals surface area contributed by atoms with E-state index in [2.05, 4.69) is 39.0 Å². The van der Waals surface area contributed by atoms with Crippen LogP contribution in [0.4, 0.5) is 0 Å². The molecule has 18 heavy (non-hydrogen) atoms. The molecule has 1 aliphatic rings. The van der Waals surface area contributed by atoms with Gasteiger partial charge in [-0.25, -0.2) is 0 Å². The number of nitrogens with two attached hydrogens (primary N) is 1. The number of rotatable bonds is 3. The molecule has 2 N–H and O–H groups in total. The SMILES string of the molecule is CCCCc1ccc2c(c1)C(N)CC(C)(C)CC2. The van der Waals surface area contributed by atoms with Crippen molar-refractivity contribution >= 4 is 0 Å². The van der Waals surface area contributed by atoms with Gasteiger partial charge in [0.15, 0.2) is 0 Å². The molecule has 0 heterocycles. The summed E-state index contributed by atoms with van der Waals surface area (Å²) in [4.78, 5) is 0. The highest BCUT2D eigenvalue weighted by Gasteiger charge is 2.27. The van der Waals surface area contributed by atoms with Crippen molar-refractivity contribution in [2.24, 2.45) is 11.1 Å². The summed E-state index contributed by atoms with van der Waals surface area (Å²) in [6.07, 6.45) is 7.28. The van der Waals surface area contributed by atoms with Gasteiger partial charge >= 0.3 is 0 Å². The number of aryl methyl sites for hydroxylation is 2. The van der Waals surface area contributed by atoms with E-state index in [0.29, 0.717) is 5.41 Å². The highest BCUT2D eigenvalue weighted by atomic mass is 14.6. The van der Waals surface area contributed by atoms with Crippen LogP contribution in [0.1, 0.15) is 69.2 Å². The van der Waals surface area contributed by atoms with Crippen molar-refractivity contribution in [2.75, 3.05) is 0 Å². The van der Waals surface area contributed by atoms with Crippen LogP contribution in [0.2, 0.25) is 0 Å². The zero-order valence-corrected chi connectivity index (χ0v) is 12.1. The van der Waals surface area contributed by atoms with Crippen molar-refractivity contribution < 1.29 is 0 Å². The Labute approximate surface area is 112 Å². The molecule has 1 nitrogen and oxygen atoms in total. The molecule has 100 valence electrons. The van der Waals surface area contributed by atoms with Crippen LogP contribution >= 0.6 is 0 Å². The van der Waals surface area contributed by atoms with Crippen molar-refractivity contribution in [3.63, 3.8) is 0 Å². The summed E-state index contributed by atoms with van der Waals surface area (Å²) in [7, 11) is 0. The Hall–Kier alpha value is -0.820. The summed E-state index contributed by atoms with van der Waals surface area (Å²) in [6, 6.07) is 7.22. The average Bonchev–Trinajstić information content (AvgIpc) is 2.44. The zero-order valence-electron chi connectivity index (χ0n) is 12.1. The Balaban J connectivity index is 2.24. The lowest BCUT2D eigenvalue weighted by Crippen LogP contribution is -2.19. The largest absolute Gasteiger partial charge is 0.324 e. The first kappa shape index (κ1) is 13.6. The fraction of sp³-hybridized carbons (Fsp3) is 0.647. The van der Waals surface area contributed by atoms with Gasteiger partial charge in [-0.2, -0.15) is 0 Å². The summed E-state index contributed by atoms with van der Waals surface area (Å²) in [6.45, 7) is 6.94. The molecular formula is C17H27N. The fourth-order valence-corrected chi connectivity index (χ4v) is 3.03. The number of unbranched alkanes of at least 4 members (excludes halogenated alkanes) is 1. The van der Waals surface area contributed by atoms with Crippen LogP contribution in [0, 0.1) is 5.41 Å². The number of benzene rings is 1. The van der Waals surface area contributed by atoms with E-state index >= 15 is 0 Å². The molecular weight excluding hydrogens is 218 g/mol. The number of fused-ring (bicyclic) bond motifs is 1. The van der Waals surface area contributed by atoms with Crippen molar-refractivity contribution in [3.05, 3.63) is 34.9 Å². The molecule has 0 radical (unpaired) electrons. The molecule has 0 saturated carbocycles. The summed E-state index contributed by atoms with van der Waals surface area (Å²) in [5, 5.41) is 0. The van der Waals surface area contributed by atoms with Crippen molar-refractivity contribution in [3.8, 4) is 0 Å². The second-order valence-corrected chi connectivity index (χ2v) is 6.61. The molecule has 1 aliphatic carbocycles. The van der Waals surface area contributed by atoms with E-state index in [1.165, 1.54) is 48.8 Å². The first-order valence-corrected chi connectivity index (χ1v) is 7.39. The van der Waals surface area contributed by atoms with Gasteiger partial charge in [0.05, 0.1) is 0 Å². The van der Waals surface area contributed by atoms with Crippen molar-refractivity contribution in [1.82, 2.24) is 0 Å². The van der Waals surface area contributed by atoms with Crippen LogP contribution in [0.15, 0.2) is 18.2 Å². The lowest BCUT2D eigenvalue weighted by atomic mass is 9.83. The molecule has 1 aromatic carbocycles. The predicted octanol–water partition coefficient (Wildman–Crippen LogP) is 4.39. The van der Waals surface area contributed by atoms with Crippen LogP contribution in [0.5, 0.6) is 0 Å². The molecule has 0 amide bonds. The van der Waals surface area contributed by atoms with E-state index in [1.54, 1.807) is 0 Å². The van der Waals surface area contributed by atoms with Gasteiger partial charge < -0.3 is 5.73 Å². The maximum Gasteiger partial charge on any atom is 0.0302 e. The zero-order chi connectivity index (χ0) is 13.2. The van der Waals surface area contributed by atoms with Crippen LogP contribution in [-0.2, 0) is 12.8 Å². The van der Waals surface area contributed by atoms with E-state index in [1.807, 2.05) is 0 Å². The van der Waals surface area contributed by atoms with Gasteiger partial charge in [-0.1, -0.05) is 45.4 Å². The monoisotopic (exact) mass is 245 g/mol. The van der Waals surface area contributed by atoms with Gasteiger partial charge in [-0.15, -0.1) is 0 Å². The Kier molecular flexibility index (Phi) is 4.11. The standard InChI is InChI=1S/C17H27N/c1-4-5-6-13-7-8-14-9-10-17(2,3)12-16(18)15(14)11-13/h7-8,11,16H,4-6,9-10,12,18H2,1-3H3. The molecule has 0 aromatic heterocycles. The highest BCUT2D eigenvalue weighted by molar-refractivity contribution is 5.35. The summed E-state index contributed by atoms with van der Waals surface area (Å²) < 4.78 is 0. The van der Waals surface area contributed by atoms with Crippen LogP contribution in [0.25, 0.3) is 0 Å². The topological polar surface area (TPSA) is 26.0 Å². The number of hydrogen-bond donors (Lipinski definition) is 1. The van der Waals surface area contributed by atoms with E-state index in [9.17, 15) is 0 Å². The Bertz CT molecular complexity index is 406. The van der Waals surface area contributed by atoms with Gasteiger partial charge in [0, 0.05) is 6.04 Å². The lowest BCUT2D eigenvalue weighted by Gasteiger charge is -2.24. The molecule has 2 rings (SSSR count). The third kappa shape index (κ3) is 3.14. The first-order chi connectivity index (χ1) is 8.52. The Morgan fingerprint density at radius 1 is 1.33 bits per heavy atom. The predicted molar refractivity (Wildman–Crippen MR) is 78.7 cm³/mol. The minimum absolute atomic E-state index is 0.221. The highest BCUT2D eigenvalue weighted by Crippen LogP contribution is 2.38. The van der Waals surface area contributed by atoms with E-state index in [0.717, 1.165) is 6.42 Å². The molecule has 1 unspecified atom stereocenters. The van der Waals surface area contributed by atoms with Gasteiger partial charge in [0.25, 0.3) is 0 Å². The molecule has 0 bridgehead atoms. The van der Waals surface area contributed by atoms with Gasteiger partial charge in [0.2, 0.25) is 0 Å². The third-order valence-corrected chi connectivity index (χ3v) is 4.27. The van der Waals surface area contributed by atoms with E-state index in [-0.39, 0.29) is 6.04 Å². The molecule has 0 aliphatic heterocycles. The maximum absolute atomic E-state index is 6.42. The molecule has 0 fully saturated rings. The van der Waals surface area contributed by atoms with E-state index < -0.39 is 0 Å². The second kappa shape index (κ2) is 5.44. The smallest absolute Gasteiger partial charge is 0.0302 e. The first-order valence-electron chi connectivity index (χ1n) is 7.39. The Morgan fingerprint density at radius 3 is 2.83 bits per heavy atom. The molecule has 0 saturated heterocycles.